The Morgan fingerprint density at radius 3 is 2.42 bits per heavy atom. The van der Waals surface area contributed by atoms with Gasteiger partial charge in [-0.2, -0.15) is 0 Å². The standard InChI is InChI=1S/C15H26N2O2/c1-4-14(2,3)11-17-10-12(18)16-15(13(17)19)8-6-5-7-9-15/h4-11H2,1-3H3,(H,16,18). The van der Waals surface area contributed by atoms with Gasteiger partial charge in [-0.05, 0) is 24.7 Å². The second-order valence-corrected chi connectivity index (χ2v) is 6.87. The van der Waals surface area contributed by atoms with Crippen LogP contribution < -0.4 is 5.32 Å². The van der Waals surface area contributed by atoms with Crippen molar-refractivity contribution < 1.29 is 9.59 Å². The van der Waals surface area contributed by atoms with E-state index in [0.717, 1.165) is 32.1 Å². The Labute approximate surface area is 115 Å². The van der Waals surface area contributed by atoms with E-state index < -0.39 is 5.54 Å². The summed E-state index contributed by atoms with van der Waals surface area (Å²) in [6.07, 6.45) is 5.87. The van der Waals surface area contributed by atoms with Crippen LogP contribution in [0.4, 0.5) is 0 Å². The Balaban J connectivity index is 2.16. The molecular formula is C15H26N2O2. The van der Waals surface area contributed by atoms with Crippen molar-refractivity contribution in [3.05, 3.63) is 0 Å². The molecule has 1 saturated heterocycles. The zero-order valence-corrected chi connectivity index (χ0v) is 12.4. The third-order valence-electron chi connectivity index (χ3n) is 4.69. The van der Waals surface area contributed by atoms with Crippen molar-refractivity contribution in [1.29, 1.82) is 0 Å². The molecule has 1 heterocycles. The van der Waals surface area contributed by atoms with Gasteiger partial charge in [0, 0.05) is 6.54 Å². The van der Waals surface area contributed by atoms with Crippen LogP contribution in [0.2, 0.25) is 0 Å². The molecule has 4 heteroatoms. The lowest BCUT2D eigenvalue weighted by Gasteiger charge is -2.45. The molecule has 0 radical (unpaired) electrons. The number of nitrogens with zero attached hydrogens (tertiary/aromatic N) is 1. The third kappa shape index (κ3) is 2.93. The summed E-state index contributed by atoms with van der Waals surface area (Å²) >= 11 is 0. The normalized spacial score (nSPS) is 23.6. The molecule has 2 fully saturated rings. The fourth-order valence-electron chi connectivity index (χ4n) is 3.16. The number of amides is 2. The van der Waals surface area contributed by atoms with Crippen LogP contribution >= 0.6 is 0 Å². The molecule has 1 aliphatic heterocycles. The maximum Gasteiger partial charge on any atom is 0.248 e. The zero-order valence-electron chi connectivity index (χ0n) is 12.4. The van der Waals surface area contributed by atoms with E-state index in [-0.39, 0.29) is 23.8 Å². The molecule has 4 nitrogen and oxygen atoms in total. The van der Waals surface area contributed by atoms with E-state index in [4.69, 9.17) is 0 Å². The van der Waals surface area contributed by atoms with Crippen molar-refractivity contribution in [1.82, 2.24) is 10.2 Å². The minimum atomic E-state index is -0.586. The van der Waals surface area contributed by atoms with Gasteiger partial charge in [-0.15, -0.1) is 0 Å². The minimum Gasteiger partial charge on any atom is -0.340 e. The van der Waals surface area contributed by atoms with Gasteiger partial charge in [0.15, 0.2) is 0 Å². The number of nitrogens with one attached hydrogen (secondary N) is 1. The molecule has 0 bridgehead atoms. The number of hydrogen-bond acceptors (Lipinski definition) is 2. The SMILES string of the molecule is CCC(C)(C)CN1CC(=O)NC2(CCCCC2)C1=O. The summed E-state index contributed by atoms with van der Waals surface area (Å²) in [5.41, 5.74) is -0.513. The number of carbonyl (C=O) groups is 2. The van der Waals surface area contributed by atoms with Crippen molar-refractivity contribution in [2.75, 3.05) is 13.1 Å². The van der Waals surface area contributed by atoms with E-state index in [0.29, 0.717) is 6.54 Å². The fourth-order valence-corrected chi connectivity index (χ4v) is 3.16. The van der Waals surface area contributed by atoms with Gasteiger partial charge >= 0.3 is 0 Å². The molecule has 2 rings (SSSR count). The zero-order chi connectivity index (χ0) is 14.1. The van der Waals surface area contributed by atoms with E-state index in [1.165, 1.54) is 6.42 Å². The highest BCUT2D eigenvalue weighted by Gasteiger charge is 2.47. The van der Waals surface area contributed by atoms with Crippen LogP contribution in [-0.2, 0) is 9.59 Å². The van der Waals surface area contributed by atoms with Crippen LogP contribution in [0.1, 0.15) is 59.3 Å². The Hall–Kier alpha value is -1.06. The highest BCUT2D eigenvalue weighted by Crippen LogP contribution is 2.33. The molecule has 1 saturated carbocycles. The van der Waals surface area contributed by atoms with Gasteiger partial charge in [0.05, 0.1) is 6.54 Å². The molecule has 19 heavy (non-hydrogen) atoms. The second kappa shape index (κ2) is 5.14. The lowest BCUT2D eigenvalue weighted by Crippen LogP contribution is -2.68. The molecular weight excluding hydrogens is 240 g/mol. The van der Waals surface area contributed by atoms with Crippen molar-refractivity contribution >= 4 is 11.8 Å². The summed E-state index contributed by atoms with van der Waals surface area (Å²) in [4.78, 5) is 26.5. The van der Waals surface area contributed by atoms with Crippen molar-refractivity contribution in [2.24, 2.45) is 5.41 Å². The monoisotopic (exact) mass is 266 g/mol. The highest BCUT2D eigenvalue weighted by molar-refractivity contribution is 5.98. The van der Waals surface area contributed by atoms with E-state index in [9.17, 15) is 9.59 Å². The number of carbonyl (C=O) groups excluding carboxylic acids is 2. The van der Waals surface area contributed by atoms with E-state index >= 15 is 0 Å². The van der Waals surface area contributed by atoms with Gasteiger partial charge in [-0.3, -0.25) is 9.59 Å². The maximum atomic E-state index is 12.8. The molecule has 0 aromatic rings. The Bertz CT molecular complexity index is 370. The maximum absolute atomic E-state index is 12.8. The van der Waals surface area contributed by atoms with Crippen molar-refractivity contribution in [3.63, 3.8) is 0 Å². The molecule has 0 unspecified atom stereocenters. The quantitative estimate of drug-likeness (QED) is 0.850. The fraction of sp³-hybridized carbons (Fsp3) is 0.867. The van der Waals surface area contributed by atoms with E-state index in [1.54, 1.807) is 4.90 Å². The van der Waals surface area contributed by atoms with Crippen LogP contribution in [-0.4, -0.2) is 35.3 Å². The van der Waals surface area contributed by atoms with Crippen LogP contribution in [0, 0.1) is 5.41 Å². The molecule has 2 amide bonds. The first-order chi connectivity index (χ1) is 8.88. The van der Waals surface area contributed by atoms with Gasteiger partial charge in [-0.1, -0.05) is 40.0 Å². The van der Waals surface area contributed by atoms with E-state index in [2.05, 4.69) is 26.1 Å². The molecule has 0 aromatic carbocycles. The van der Waals surface area contributed by atoms with Gasteiger partial charge in [0.25, 0.3) is 0 Å². The van der Waals surface area contributed by atoms with E-state index in [1.807, 2.05) is 0 Å². The van der Waals surface area contributed by atoms with Crippen LogP contribution in [0.5, 0.6) is 0 Å². The molecule has 0 aromatic heterocycles. The third-order valence-corrected chi connectivity index (χ3v) is 4.69. The molecule has 1 spiro atoms. The van der Waals surface area contributed by atoms with Gasteiger partial charge in [-0.25, -0.2) is 0 Å². The highest BCUT2D eigenvalue weighted by atomic mass is 16.2. The number of hydrogen-bond donors (Lipinski definition) is 1. The summed E-state index contributed by atoms with van der Waals surface area (Å²) in [7, 11) is 0. The summed E-state index contributed by atoms with van der Waals surface area (Å²) in [6.45, 7) is 7.34. The predicted molar refractivity (Wildman–Crippen MR) is 74.6 cm³/mol. The topological polar surface area (TPSA) is 49.4 Å². The van der Waals surface area contributed by atoms with Gasteiger partial charge in [0.1, 0.15) is 5.54 Å². The van der Waals surface area contributed by atoms with Crippen LogP contribution in [0.3, 0.4) is 0 Å². The smallest absolute Gasteiger partial charge is 0.248 e. The summed E-state index contributed by atoms with van der Waals surface area (Å²) in [6, 6.07) is 0. The molecule has 1 N–H and O–H groups in total. The minimum absolute atomic E-state index is 0.00778. The van der Waals surface area contributed by atoms with Gasteiger partial charge in [0.2, 0.25) is 11.8 Å². The summed E-state index contributed by atoms with van der Waals surface area (Å²) < 4.78 is 0. The van der Waals surface area contributed by atoms with Gasteiger partial charge < -0.3 is 10.2 Å². The Morgan fingerprint density at radius 2 is 1.84 bits per heavy atom. The molecule has 2 aliphatic rings. The van der Waals surface area contributed by atoms with Crippen LogP contribution in [0.25, 0.3) is 0 Å². The second-order valence-electron chi connectivity index (χ2n) is 6.87. The first kappa shape index (κ1) is 14.4. The van der Waals surface area contributed by atoms with Crippen molar-refractivity contribution in [2.45, 2.75) is 64.8 Å². The Kier molecular flexibility index (Phi) is 3.88. The summed E-state index contributed by atoms with van der Waals surface area (Å²) in [5, 5.41) is 2.99. The predicted octanol–water partition coefficient (Wildman–Crippen LogP) is 2.08. The lowest BCUT2D eigenvalue weighted by atomic mass is 9.78. The lowest BCUT2D eigenvalue weighted by molar-refractivity contribution is -0.153. The largest absolute Gasteiger partial charge is 0.340 e. The molecule has 108 valence electrons. The van der Waals surface area contributed by atoms with Crippen molar-refractivity contribution in [3.8, 4) is 0 Å². The number of rotatable bonds is 3. The Morgan fingerprint density at radius 1 is 1.21 bits per heavy atom. The van der Waals surface area contributed by atoms with Crippen LogP contribution in [0.15, 0.2) is 0 Å². The first-order valence-corrected chi connectivity index (χ1v) is 7.49. The molecule has 1 aliphatic carbocycles. The molecule has 0 atom stereocenters. The first-order valence-electron chi connectivity index (χ1n) is 7.49. The average Bonchev–Trinajstić information content (AvgIpc) is 2.36. The summed E-state index contributed by atoms with van der Waals surface area (Å²) in [5.74, 6) is 0.154. The number of piperazine rings is 1. The average molecular weight is 266 g/mol.